The SMILES string of the molecule is C=CCOC(=O)N(Cc1ccccc1)OC(C)c1ccc(OCc2ccc(C)cc2)cc1F.C=CCOC(=O)NOC(C)c1ccc(OCc2ccc(C)cc2)cc1F.Cc1ccc(COc2ccc(C(C)ON)c(F)c2)cc1.Cc1ccc(COc2ccc(C(C)ONCc3ccccc3)c(F)c2)cc1. The summed E-state index contributed by atoms with van der Waals surface area (Å²) >= 11 is 0. The molecule has 556 valence electrons. The van der Waals surface area contributed by atoms with E-state index in [4.69, 9.17) is 48.8 Å². The largest absolute Gasteiger partial charge is 0.489 e. The number of carbonyl (C=O) groups is 2. The van der Waals surface area contributed by atoms with Crippen LogP contribution in [-0.4, -0.2) is 30.5 Å². The van der Waals surface area contributed by atoms with Crippen LogP contribution in [0.5, 0.6) is 23.0 Å². The normalized spacial score (nSPS) is 11.7. The van der Waals surface area contributed by atoms with E-state index < -0.39 is 48.2 Å². The lowest BCUT2D eigenvalue weighted by molar-refractivity contribution is -0.178. The van der Waals surface area contributed by atoms with Gasteiger partial charge in [-0.2, -0.15) is 16.0 Å². The number of hydrogen-bond acceptors (Lipinski definition) is 14. The van der Waals surface area contributed by atoms with Gasteiger partial charge < -0.3 is 28.4 Å². The standard InChI is InChI=1S/C27H28FNO4.C23H24FNO2.C20H22FNO4.C16H18FNO2/c1-4-16-31-27(30)29(18-22-8-6-5-7-9-22)33-21(3)25-15-14-24(17-26(25)28)32-19-23-12-10-20(2)11-13-23;1-17-8-10-20(11-9-17)16-26-21-12-13-22(23(24)14-21)18(2)27-25-15-19-6-4-3-5-7-19;1-4-11-24-20(23)22-26-15(3)18-10-9-17(12-19(18)21)25-13-16-7-5-14(2)6-8-16;1-11-3-5-13(6-4-11)10-19-14-7-8-15(12(2)20-18)16(17)9-14/h4-15,17,21H,1,16,18-19H2,2-3H3;3-14,18,25H,15-16H2,1-2H3;4-10,12,15H,1,11,13H2,2-3H3,(H,22,23);3-9,12H,10,18H2,1-2H3. The van der Waals surface area contributed by atoms with Gasteiger partial charge in [-0.15, -0.1) is 0 Å². The van der Waals surface area contributed by atoms with Crippen LogP contribution < -0.4 is 35.8 Å². The summed E-state index contributed by atoms with van der Waals surface area (Å²) in [6.45, 7) is 24.2. The third kappa shape index (κ3) is 28.5. The van der Waals surface area contributed by atoms with Gasteiger partial charge in [0.05, 0.1) is 6.54 Å². The third-order valence-corrected chi connectivity index (χ3v) is 16.0. The molecule has 0 aliphatic carbocycles. The molecule has 0 saturated heterocycles. The highest BCUT2D eigenvalue weighted by molar-refractivity contribution is 5.66. The first-order valence-electron chi connectivity index (χ1n) is 34.3. The van der Waals surface area contributed by atoms with E-state index in [2.05, 4.69) is 29.0 Å². The highest BCUT2D eigenvalue weighted by atomic mass is 19.1. The van der Waals surface area contributed by atoms with Crippen molar-refractivity contribution in [3.05, 3.63) is 357 Å². The van der Waals surface area contributed by atoms with E-state index in [1.165, 1.54) is 53.1 Å². The molecule has 4 atom stereocenters. The Hall–Kier alpha value is -11.1. The summed E-state index contributed by atoms with van der Waals surface area (Å²) in [5.41, 5.74) is 17.2. The molecule has 0 radical (unpaired) electrons. The van der Waals surface area contributed by atoms with Crippen LogP contribution in [0.1, 0.15) is 130 Å². The van der Waals surface area contributed by atoms with E-state index in [0.29, 0.717) is 72.7 Å². The molecule has 0 spiro atoms. The number of nitrogens with one attached hydrogen (secondary N) is 2. The van der Waals surface area contributed by atoms with Gasteiger partial charge in [0, 0.05) is 53.1 Å². The number of nitrogens with two attached hydrogens (primary N) is 1. The molecule has 10 rings (SSSR count). The number of ether oxygens (including phenoxy) is 6. The highest BCUT2D eigenvalue weighted by Crippen LogP contribution is 2.30. The van der Waals surface area contributed by atoms with Gasteiger partial charge in [0.25, 0.3) is 0 Å². The van der Waals surface area contributed by atoms with Crippen LogP contribution in [-0.2, 0) is 68.3 Å². The van der Waals surface area contributed by atoms with Crippen molar-refractivity contribution in [2.45, 2.75) is 119 Å². The van der Waals surface area contributed by atoms with Crippen LogP contribution in [0, 0.1) is 51.0 Å². The summed E-state index contributed by atoms with van der Waals surface area (Å²) in [6.07, 6.45) is -0.886. The zero-order chi connectivity index (χ0) is 76.2. The van der Waals surface area contributed by atoms with Crippen LogP contribution in [0.25, 0.3) is 0 Å². The number of nitrogens with zero attached hydrogens (tertiary/aromatic N) is 1. The Morgan fingerprint density at radius 2 is 0.745 bits per heavy atom. The highest BCUT2D eigenvalue weighted by Gasteiger charge is 2.23. The minimum atomic E-state index is -0.768. The first-order chi connectivity index (χ1) is 51.2. The van der Waals surface area contributed by atoms with Crippen molar-refractivity contribution in [1.29, 1.82) is 0 Å². The molecule has 4 N–H and O–H groups in total. The maximum Gasteiger partial charge on any atom is 0.434 e. The first kappa shape index (κ1) is 82.2. The summed E-state index contributed by atoms with van der Waals surface area (Å²) < 4.78 is 89.8. The predicted octanol–water partition coefficient (Wildman–Crippen LogP) is 20.3. The van der Waals surface area contributed by atoms with Crippen molar-refractivity contribution < 1.29 is 74.9 Å². The summed E-state index contributed by atoms with van der Waals surface area (Å²) in [4.78, 5) is 44.9. The minimum Gasteiger partial charge on any atom is -0.489 e. The van der Waals surface area contributed by atoms with E-state index in [-0.39, 0.29) is 37.0 Å². The number of hydroxylamine groups is 4. The van der Waals surface area contributed by atoms with Crippen molar-refractivity contribution in [2.24, 2.45) is 5.90 Å². The Balaban J connectivity index is 0.000000200. The number of halogens is 4. The molecule has 20 heteroatoms. The first-order valence-corrected chi connectivity index (χ1v) is 34.3. The maximum atomic E-state index is 14.9. The Morgan fingerprint density at radius 3 is 1.09 bits per heavy atom. The van der Waals surface area contributed by atoms with Crippen LogP contribution in [0.3, 0.4) is 0 Å². The average Bonchev–Trinajstić information content (AvgIpc) is 0.873. The Morgan fingerprint density at radius 1 is 0.415 bits per heavy atom. The molecule has 0 aromatic heterocycles. The second-order valence-electron chi connectivity index (χ2n) is 24.6. The van der Waals surface area contributed by atoms with Gasteiger partial charge in [0.1, 0.15) is 110 Å². The fourth-order valence-electron chi connectivity index (χ4n) is 9.80. The second kappa shape index (κ2) is 43.9. The van der Waals surface area contributed by atoms with Crippen molar-refractivity contribution in [2.75, 3.05) is 13.2 Å². The molecular formula is C86H92F4N4O12. The fraction of sp³-hybridized carbons (Fsp3) is 0.233. The van der Waals surface area contributed by atoms with Crippen molar-refractivity contribution >= 4 is 12.2 Å². The number of rotatable bonds is 31. The maximum absolute atomic E-state index is 14.9. The van der Waals surface area contributed by atoms with Gasteiger partial charge in [0.2, 0.25) is 0 Å². The minimum absolute atomic E-state index is 0.0449. The van der Waals surface area contributed by atoms with Crippen LogP contribution >= 0.6 is 0 Å². The molecule has 4 unspecified atom stereocenters. The zero-order valence-corrected chi connectivity index (χ0v) is 60.9. The molecule has 0 bridgehead atoms. The number of aryl methyl sites for hydroxylation is 4. The summed E-state index contributed by atoms with van der Waals surface area (Å²) in [5, 5.41) is 1.09. The van der Waals surface area contributed by atoms with Crippen molar-refractivity contribution in [3.8, 4) is 23.0 Å². The second-order valence-corrected chi connectivity index (χ2v) is 24.6. The molecule has 10 aromatic carbocycles. The summed E-state index contributed by atoms with van der Waals surface area (Å²) in [6, 6.07) is 69.9. The van der Waals surface area contributed by atoms with Gasteiger partial charge >= 0.3 is 12.2 Å². The predicted molar refractivity (Wildman–Crippen MR) is 401 cm³/mol. The Kier molecular flexibility index (Phi) is 34.0. The third-order valence-electron chi connectivity index (χ3n) is 16.0. The van der Waals surface area contributed by atoms with Gasteiger partial charge in [-0.25, -0.2) is 33.0 Å². The topological polar surface area (TPSA) is 180 Å². The molecule has 0 heterocycles. The van der Waals surface area contributed by atoms with Gasteiger partial charge in [-0.1, -0.05) is 205 Å². The van der Waals surface area contributed by atoms with Gasteiger partial charge in [0.15, 0.2) is 0 Å². The fourth-order valence-corrected chi connectivity index (χ4v) is 9.80. The number of benzene rings is 10. The van der Waals surface area contributed by atoms with Crippen LogP contribution in [0.4, 0.5) is 27.2 Å². The molecule has 106 heavy (non-hydrogen) atoms. The summed E-state index contributed by atoms with van der Waals surface area (Å²) in [5.74, 6) is 5.17. The lowest BCUT2D eigenvalue weighted by Crippen LogP contribution is -2.32. The number of amides is 2. The van der Waals surface area contributed by atoms with E-state index in [1.807, 2.05) is 192 Å². The molecular weight excluding hydrogens is 1360 g/mol. The molecule has 16 nitrogen and oxygen atoms in total. The number of hydrogen-bond donors (Lipinski definition) is 3. The monoisotopic (exact) mass is 1450 g/mol. The van der Waals surface area contributed by atoms with Crippen LogP contribution in [0.2, 0.25) is 0 Å². The number of carbonyl (C=O) groups excluding carboxylic acids is 2. The van der Waals surface area contributed by atoms with Gasteiger partial charge in [-0.05, 0) is 137 Å². The molecule has 0 aliphatic rings. The van der Waals surface area contributed by atoms with Gasteiger partial charge in [-0.3, -0.25) is 19.4 Å². The van der Waals surface area contributed by atoms with E-state index in [9.17, 15) is 27.2 Å². The van der Waals surface area contributed by atoms with E-state index in [1.54, 1.807) is 69.3 Å². The molecule has 0 aliphatic heterocycles. The molecule has 0 fully saturated rings. The molecule has 2 amide bonds. The van der Waals surface area contributed by atoms with Crippen molar-refractivity contribution in [1.82, 2.24) is 16.0 Å². The smallest absolute Gasteiger partial charge is 0.434 e. The lowest BCUT2D eigenvalue weighted by atomic mass is 10.1. The molecule has 0 saturated carbocycles. The van der Waals surface area contributed by atoms with E-state index >= 15 is 0 Å². The Labute approximate surface area is 618 Å². The zero-order valence-electron chi connectivity index (χ0n) is 60.9. The van der Waals surface area contributed by atoms with Crippen LogP contribution in [0.15, 0.2) is 256 Å². The quantitative estimate of drug-likeness (QED) is 0.0212. The lowest BCUT2D eigenvalue weighted by Gasteiger charge is -2.25. The van der Waals surface area contributed by atoms with Crippen molar-refractivity contribution in [3.63, 3.8) is 0 Å². The summed E-state index contributed by atoms with van der Waals surface area (Å²) in [7, 11) is 0. The Bertz CT molecular complexity index is 4310. The van der Waals surface area contributed by atoms with E-state index in [0.717, 1.165) is 44.0 Å². The average molecular weight is 1450 g/mol. The molecule has 10 aromatic rings.